The smallest absolute Gasteiger partial charge is 0.252 e. The fraction of sp³-hybridized carbons (Fsp3) is 0.609. The van der Waals surface area contributed by atoms with E-state index in [0.717, 1.165) is 25.7 Å². The minimum absolute atomic E-state index is 0.00539. The van der Waals surface area contributed by atoms with Crippen LogP contribution in [0.1, 0.15) is 49.9 Å². The van der Waals surface area contributed by atoms with E-state index in [1.165, 1.54) is 14.2 Å². The van der Waals surface area contributed by atoms with E-state index in [4.69, 9.17) is 9.47 Å². The molecule has 2 fully saturated rings. The van der Waals surface area contributed by atoms with Crippen LogP contribution in [0, 0.1) is 11.8 Å². The molecule has 1 heterocycles. The van der Waals surface area contributed by atoms with Crippen molar-refractivity contribution in [3.05, 3.63) is 23.8 Å². The average molecular weight is 432 g/mol. The normalized spacial score (nSPS) is 17.8. The van der Waals surface area contributed by atoms with Crippen LogP contribution in [0.25, 0.3) is 0 Å². The maximum Gasteiger partial charge on any atom is 0.252 e. The number of likely N-dealkylation sites (tertiary alicyclic amines) is 1. The summed E-state index contributed by atoms with van der Waals surface area (Å²) in [7, 11) is 3.04. The third-order valence-corrected chi connectivity index (χ3v) is 5.93. The van der Waals surface area contributed by atoms with Crippen LogP contribution in [0.5, 0.6) is 11.5 Å². The first-order chi connectivity index (χ1) is 14.8. The van der Waals surface area contributed by atoms with Gasteiger partial charge < -0.3 is 25.0 Å². The van der Waals surface area contributed by atoms with E-state index < -0.39 is 6.04 Å². The van der Waals surface area contributed by atoms with E-state index in [-0.39, 0.29) is 35.6 Å². The van der Waals surface area contributed by atoms with Crippen molar-refractivity contribution in [2.45, 2.75) is 51.6 Å². The molecule has 1 saturated heterocycles. The van der Waals surface area contributed by atoms with Gasteiger partial charge in [0.2, 0.25) is 11.8 Å². The van der Waals surface area contributed by atoms with Gasteiger partial charge in [-0.2, -0.15) is 0 Å². The quantitative estimate of drug-likeness (QED) is 0.656. The van der Waals surface area contributed by atoms with Crippen molar-refractivity contribution in [2.75, 3.05) is 27.3 Å². The molecular weight excluding hydrogens is 398 g/mol. The molecule has 1 atom stereocenters. The fourth-order valence-corrected chi connectivity index (χ4v) is 3.82. The third kappa shape index (κ3) is 5.89. The number of ether oxygens (including phenoxy) is 2. The number of hydrogen-bond acceptors (Lipinski definition) is 5. The van der Waals surface area contributed by atoms with Crippen LogP contribution < -0.4 is 20.1 Å². The van der Waals surface area contributed by atoms with Crippen LogP contribution in [0.2, 0.25) is 0 Å². The van der Waals surface area contributed by atoms with Crippen molar-refractivity contribution in [3.8, 4) is 11.5 Å². The van der Waals surface area contributed by atoms with Crippen molar-refractivity contribution in [2.24, 2.45) is 11.8 Å². The lowest BCUT2D eigenvalue weighted by molar-refractivity contribution is -0.133. The van der Waals surface area contributed by atoms with E-state index in [9.17, 15) is 14.4 Å². The molecule has 0 unspecified atom stereocenters. The summed E-state index contributed by atoms with van der Waals surface area (Å²) in [5.41, 5.74) is 0.363. The number of hydrogen-bond donors (Lipinski definition) is 2. The Labute approximate surface area is 183 Å². The van der Waals surface area contributed by atoms with Crippen molar-refractivity contribution < 1.29 is 23.9 Å². The molecule has 2 N–H and O–H groups in total. The highest BCUT2D eigenvalue weighted by molar-refractivity contribution is 5.98. The molecule has 1 aliphatic carbocycles. The van der Waals surface area contributed by atoms with E-state index in [0.29, 0.717) is 30.2 Å². The zero-order valence-corrected chi connectivity index (χ0v) is 18.8. The fourth-order valence-electron chi connectivity index (χ4n) is 3.82. The molecule has 31 heavy (non-hydrogen) atoms. The molecule has 170 valence electrons. The molecule has 1 aromatic carbocycles. The number of carbonyl (C=O) groups excluding carboxylic acids is 3. The van der Waals surface area contributed by atoms with Gasteiger partial charge in [-0.1, -0.05) is 13.8 Å². The van der Waals surface area contributed by atoms with Gasteiger partial charge in [0.15, 0.2) is 0 Å². The van der Waals surface area contributed by atoms with E-state index in [1.54, 1.807) is 18.2 Å². The van der Waals surface area contributed by atoms with Gasteiger partial charge >= 0.3 is 0 Å². The molecule has 3 rings (SSSR count). The first-order valence-electron chi connectivity index (χ1n) is 11.0. The largest absolute Gasteiger partial charge is 0.497 e. The summed E-state index contributed by atoms with van der Waals surface area (Å²) in [5.74, 6) is 0.826. The number of rotatable bonds is 8. The van der Waals surface area contributed by atoms with Crippen molar-refractivity contribution in [1.82, 2.24) is 15.5 Å². The predicted octanol–water partition coefficient (Wildman–Crippen LogP) is 1.98. The van der Waals surface area contributed by atoms with Crippen LogP contribution in [0.15, 0.2) is 18.2 Å². The lowest BCUT2D eigenvalue weighted by atomic mass is 10.00. The van der Waals surface area contributed by atoms with Crippen molar-refractivity contribution in [3.63, 3.8) is 0 Å². The Morgan fingerprint density at radius 3 is 2.03 bits per heavy atom. The minimum atomic E-state index is -0.671. The summed E-state index contributed by atoms with van der Waals surface area (Å²) in [5, 5.41) is 5.91. The average Bonchev–Trinajstić information content (AvgIpc) is 3.62. The number of piperidine rings is 1. The van der Waals surface area contributed by atoms with Crippen molar-refractivity contribution >= 4 is 17.7 Å². The maximum absolute atomic E-state index is 12.9. The second-order valence-electron chi connectivity index (χ2n) is 8.68. The third-order valence-electron chi connectivity index (χ3n) is 5.93. The summed E-state index contributed by atoms with van der Waals surface area (Å²) in [6, 6.07) is 4.24. The van der Waals surface area contributed by atoms with Crippen LogP contribution >= 0.6 is 0 Å². The Morgan fingerprint density at radius 1 is 0.968 bits per heavy atom. The van der Waals surface area contributed by atoms with Crippen molar-refractivity contribution in [1.29, 1.82) is 0 Å². The number of methoxy groups -OCH3 is 2. The van der Waals surface area contributed by atoms with Gasteiger partial charge in [-0.05, 0) is 43.7 Å². The second-order valence-corrected chi connectivity index (χ2v) is 8.68. The number of amides is 3. The van der Waals surface area contributed by atoms with Crippen LogP contribution in [-0.4, -0.2) is 62.0 Å². The molecular formula is C23H33N3O5. The molecule has 1 aliphatic heterocycles. The molecule has 1 aromatic rings. The summed E-state index contributed by atoms with van der Waals surface area (Å²) in [6.07, 6.45) is 3.47. The van der Waals surface area contributed by atoms with Gasteiger partial charge in [0, 0.05) is 36.7 Å². The summed E-state index contributed by atoms with van der Waals surface area (Å²) < 4.78 is 10.4. The van der Waals surface area contributed by atoms with Gasteiger partial charge in [-0.25, -0.2) is 0 Å². The maximum atomic E-state index is 12.9. The Hall–Kier alpha value is -2.77. The van der Waals surface area contributed by atoms with Gasteiger partial charge in [-0.15, -0.1) is 0 Å². The van der Waals surface area contributed by atoms with Gasteiger partial charge in [0.1, 0.15) is 17.5 Å². The highest BCUT2D eigenvalue weighted by Crippen LogP contribution is 2.32. The van der Waals surface area contributed by atoms with Crippen LogP contribution in [-0.2, 0) is 9.59 Å². The van der Waals surface area contributed by atoms with E-state index in [1.807, 2.05) is 18.7 Å². The topological polar surface area (TPSA) is 97.0 Å². The standard InChI is InChI=1S/C23H33N3O5/c1-14(2)20(25-21(27)16-11-18(30-3)13-19(12-16)31-4)22(28)24-17-7-9-26(10-8-17)23(29)15-5-6-15/h11-15,17,20H,5-10H2,1-4H3,(H,24,28)(H,25,27)/t20-/m1/s1. The SMILES string of the molecule is COc1cc(OC)cc(C(=O)N[C@@H](C(=O)NC2CCN(C(=O)C3CC3)CC2)C(C)C)c1. The predicted molar refractivity (Wildman–Crippen MR) is 116 cm³/mol. The van der Waals surface area contributed by atoms with Crippen LogP contribution in [0.4, 0.5) is 0 Å². The Balaban J connectivity index is 1.58. The van der Waals surface area contributed by atoms with E-state index in [2.05, 4.69) is 10.6 Å². The molecule has 1 saturated carbocycles. The molecule has 0 bridgehead atoms. The number of nitrogens with one attached hydrogen (secondary N) is 2. The second kappa shape index (κ2) is 10.0. The molecule has 8 nitrogen and oxygen atoms in total. The molecule has 0 radical (unpaired) electrons. The van der Waals surface area contributed by atoms with E-state index >= 15 is 0 Å². The Bertz CT molecular complexity index is 791. The number of benzene rings is 1. The lowest BCUT2D eigenvalue weighted by Crippen LogP contribution is -2.54. The van der Waals surface area contributed by atoms with Gasteiger partial charge in [0.25, 0.3) is 5.91 Å². The highest BCUT2D eigenvalue weighted by Gasteiger charge is 2.35. The summed E-state index contributed by atoms with van der Waals surface area (Å²) in [4.78, 5) is 39.9. The van der Waals surface area contributed by atoms with Crippen LogP contribution in [0.3, 0.4) is 0 Å². The molecule has 0 aromatic heterocycles. The molecule has 8 heteroatoms. The zero-order valence-electron chi connectivity index (χ0n) is 18.8. The Kier molecular flexibility index (Phi) is 7.41. The summed E-state index contributed by atoms with van der Waals surface area (Å²) >= 11 is 0. The van der Waals surface area contributed by atoms with Gasteiger partial charge in [0.05, 0.1) is 14.2 Å². The molecule has 3 amide bonds. The number of carbonyl (C=O) groups is 3. The Morgan fingerprint density at radius 2 is 1.55 bits per heavy atom. The molecule has 2 aliphatic rings. The lowest BCUT2D eigenvalue weighted by Gasteiger charge is -2.33. The molecule has 0 spiro atoms. The minimum Gasteiger partial charge on any atom is -0.497 e. The first-order valence-corrected chi connectivity index (χ1v) is 11.0. The number of nitrogens with zero attached hydrogens (tertiary/aromatic N) is 1. The monoisotopic (exact) mass is 431 g/mol. The summed E-state index contributed by atoms with van der Waals surface area (Å²) in [6.45, 7) is 5.13. The zero-order chi connectivity index (χ0) is 22.5. The highest BCUT2D eigenvalue weighted by atomic mass is 16.5. The first kappa shape index (κ1) is 22.9. The van der Waals surface area contributed by atoms with Gasteiger partial charge in [-0.3, -0.25) is 14.4 Å².